The van der Waals surface area contributed by atoms with E-state index in [1.807, 2.05) is 11.9 Å². The maximum Gasteiger partial charge on any atom is 0.413 e. The minimum atomic E-state index is -2.93. The van der Waals surface area contributed by atoms with E-state index < -0.39 is 21.5 Å². The molecule has 1 unspecified atom stereocenters. The molecule has 1 aliphatic heterocycles. The molecular formula is C15H23N3O4S. The number of carbonyl (C=O) groups is 1. The van der Waals surface area contributed by atoms with Crippen molar-refractivity contribution in [2.24, 2.45) is 0 Å². The van der Waals surface area contributed by atoms with Crippen molar-refractivity contribution in [3.63, 3.8) is 0 Å². The summed E-state index contributed by atoms with van der Waals surface area (Å²) in [4.78, 5) is 17.8. The molecule has 1 amide bonds. The standard InChI is InChI=1S/C15H23N3O4S/c1-15(2,3)22-14(19)17-13-6-5-11(9-16-13)18(4)12-7-8-23(20,21)10-12/h5-6,9,12H,7-8,10H2,1-4H3,(H,16,17,19). The maximum absolute atomic E-state index is 11.7. The van der Waals surface area contributed by atoms with Crippen LogP contribution in [0.4, 0.5) is 16.3 Å². The van der Waals surface area contributed by atoms with Crippen molar-refractivity contribution in [3.05, 3.63) is 18.3 Å². The first-order chi connectivity index (χ1) is 10.6. The average Bonchev–Trinajstić information content (AvgIpc) is 2.77. The number of anilines is 2. The quantitative estimate of drug-likeness (QED) is 0.905. The molecule has 0 aliphatic carbocycles. The Morgan fingerprint density at radius 2 is 2.09 bits per heavy atom. The molecule has 0 bridgehead atoms. The van der Waals surface area contributed by atoms with Crippen LogP contribution in [0.3, 0.4) is 0 Å². The highest BCUT2D eigenvalue weighted by Gasteiger charge is 2.30. The Morgan fingerprint density at radius 1 is 1.39 bits per heavy atom. The first-order valence-corrected chi connectivity index (χ1v) is 9.27. The Hall–Kier alpha value is -1.83. The SMILES string of the molecule is CN(c1ccc(NC(=O)OC(C)(C)C)nc1)C1CCS(=O)(=O)C1. The van der Waals surface area contributed by atoms with E-state index in [1.165, 1.54) is 0 Å². The van der Waals surface area contributed by atoms with E-state index in [0.717, 1.165) is 5.69 Å². The van der Waals surface area contributed by atoms with Gasteiger partial charge in [0.25, 0.3) is 0 Å². The number of nitrogens with one attached hydrogen (secondary N) is 1. The van der Waals surface area contributed by atoms with Crippen LogP contribution in [-0.2, 0) is 14.6 Å². The summed E-state index contributed by atoms with van der Waals surface area (Å²) in [5.74, 6) is 0.783. The van der Waals surface area contributed by atoms with Gasteiger partial charge in [-0.25, -0.2) is 18.2 Å². The number of sulfone groups is 1. The predicted molar refractivity (Wildman–Crippen MR) is 89.6 cm³/mol. The zero-order valence-electron chi connectivity index (χ0n) is 13.9. The van der Waals surface area contributed by atoms with Gasteiger partial charge in [0.15, 0.2) is 9.84 Å². The molecule has 128 valence electrons. The predicted octanol–water partition coefficient (Wildman–Crippen LogP) is 2.05. The number of nitrogens with zero attached hydrogens (tertiary/aromatic N) is 2. The summed E-state index contributed by atoms with van der Waals surface area (Å²) in [7, 11) is -1.07. The van der Waals surface area contributed by atoms with Gasteiger partial charge in [-0.1, -0.05) is 0 Å². The van der Waals surface area contributed by atoms with E-state index in [0.29, 0.717) is 12.2 Å². The van der Waals surface area contributed by atoms with Crippen molar-refractivity contribution >= 4 is 27.4 Å². The lowest BCUT2D eigenvalue weighted by atomic mass is 10.2. The Labute approximate surface area is 137 Å². The minimum absolute atomic E-state index is 0.0357. The second-order valence-corrected chi connectivity index (χ2v) is 8.93. The molecule has 0 radical (unpaired) electrons. The minimum Gasteiger partial charge on any atom is -0.444 e. The molecule has 2 rings (SSSR count). The molecule has 2 heterocycles. The van der Waals surface area contributed by atoms with E-state index >= 15 is 0 Å². The number of ether oxygens (including phenoxy) is 1. The van der Waals surface area contributed by atoms with E-state index in [4.69, 9.17) is 4.74 Å². The molecule has 0 aromatic carbocycles. The third-order valence-corrected chi connectivity index (χ3v) is 5.29. The van der Waals surface area contributed by atoms with Crippen LogP contribution in [0.15, 0.2) is 18.3 Å². The molecule has 1 fully saturated rings. The number of pyridine rings is 1. The second-order valence-electron chi connectivity index (χ2n) is 6.70. The zero-order valence-corrected chi connectivity index (χ0v) is 14.7. The normalized spacial score (nSPS) is 20.1. The van der Waals surface area contributed by atoms with Crippen LogP contribution in [0, 0.1) is 0 Å². The Kier molecular flexibility index (Phi) is 4.84. The third-order valence-electron chi connectivity index (χ3n) is 3.54. The summed E-state index contributed by atoms with van der Waals surface area (Å²) in [6.07, 6.45) is 1.67. The van der Waals surface area contributed by atoms with Crippen LogP contribution >= 0.6 is 0 Å². The van der Waals surface area contributed by atoms with Crippen LogP contribution in [0.2, 0.25) is 0 Å². The lowest BCUT2D eigenvalue weighted by Gasteiger charge is -2.25. The van der Waals surface area contributed by atoms with E-state index in [9.17, 15) is 13.2 Å². The smallest absolute Gasteiger partial charge is 0.413 e. The third kappa shape index (κ3) is 5.09. The van der Waals surface area contributed by atoms with Crippen molar-refractivity contribution in [2.75, 3.05) is 28.8 Å². The van der Waals surface area contributed by atoms with E-state index in [1.54, 1.807) is 39.1 Å². The first-order valence-electron chi connectivity index (χ1n) is 7.45. The number of rotatable bonds is 3. The number of carbonyl (C=O) groups excluding carboxylic acids is 1. The molecule has 1 aromatic rings. The van der Waals surface area contributed by atoms with Gasteiger partial charge in [0.1, 0.15) is 11.4 Å². The highest BCUT2D eigenvalue weighted by Crippen LogP contribution is 2.23. The zero-order chi connectivity index (χ0) is 17.3. The fourth-order valence-electron chi connectivity index (χ4n) is 2.37. The molecule has 1 saturated heterocycles. The largest absolute Gasteiger partial charge is 0.444 e. The molecule has 0 saturated carbocycles. The molecule has 1 aromatic heterocycles. The summed E-state index contributed by atoms with van der Waals surface area (Å²) < 4.78 is 28.3. The lowest BCUT2D eigenvalue weighted by Crippen LogP contribution is -2.32. The highest BCUT2D eigenvalue weighted by atomic mass is 32.2. The Morgan fingerprint density at radius 3 is 2.57 bits per heavy atom. The van der Waals surface area contributed by atoms with Crippen LogP contribution in [-0.4, -0.2) is 49.7 Å². The highest BCUT2D eigenvalue weighted by molar-refractivity contribution is 7.91. The van der Waals surface area contributed by atoms with Crippen molar-refractivity contribution in [3.8, 4) is 0 Å². The molecule has 0 spiro atoms. The van der Waals surface area contributed by atoms with Crippen molar-refractivity contribution < 1.29 is 17.9 Å². The molecular weight excluding hydrogens is 318 g/mol. The summed E-state index contributed by atoms with van der Waals surface area (Å²) in [5.41, 5.74) is 0.236. The van der Waals surface area contributed by atoms with Gasteiger partial charge in [0.05, 0.1) is 23.4 Å². The maximum atomic E-state index is 11.7. The molecule has 7 nitrogen and oxygen atoms in total. The summed E-state index contributed by atoms with van der Waals surface area (Å²) >= 11 is 0. The molecule has 1 atom stereocenters. The first kappa shape index (κ1) is 17.5. The van der Waals surface area contributed by atoms with Crippen molar-refractivity contribution in [2.45, 2.75) is 38.8 Å². The number of amides is 1. The topological polar surface area (TPSA) is 88.6 Å². The van der Waals surface area contributed by atoms with Gasteiger partial charge in [0.2, 0.25) is 0 Å². The van der Waals surface area contributed by atoms with Gasteiger partial charge < -0.3 is 9.64 Å². The monoisotopic (exact) mass is 341 g/mol. The molecule has 23 heavy (non-hydrogen) atoms. The lowest BCUT2D eigenvalue weighted by molar-refractivity contribution is 0.0635. The number of aromatic nitrogens is 1. The average molecular weight is 341 g/mol. The fraction of sp³-hybridized carbons (Fsp3) is 0.600. The summed E-state index contributed by atoms with van der Waals surface area (Å²) in [6, 6.07) is 3.43. The van der Waals surface area contributed by atoms with E-state index in [2.05, 4.69) is 10.3 Å². The van der Waals surface area contributed by atoms with Gasteiger partial charge in [-0.2, -0.15) is 0 Å². The molecule has 1 aliphatic rings. The molecule has 1 N–H and O–H groups in total. The van der Waals surface area contributed by atoms with Crippen molar-refractivity contribution in [1.82, 2.24) is 4.98 Å². The Bertz CT molecular complexity index is 665. The van der Waals surface area contributed by atoms with Gasteiger partial charge in [-0.3, -0.25) is 5.32 Å². The molecule has 8 heteroatoms. The van der Waals surface area contributed by atoms with Gasteiger partial charge in [-0.15, -0.1) is 0 Å². The van der Waals surface area contributed by atoms with Crippen LogP contribution < -0.4 is 10.2 Å². The van der Waals surface area contributed by atoms with Gasteiger partial charge >= 0.3 is 6.09 Å². The van der Waals surface area contributed by atoms with Crippen LogP contribution in [0.25, 0.3) is 0 Å². The summed E-state index contributed by atoms with van der Waals surface area (Å²) in [6.45, 7) is 5.36. The number of hydrogen-bond acceptors (Lipinski definition) is 6. The van der Waals surface area contributed by atoms with Gasteiger partial charge in [0, 0.05) is 13.1 Å². The van der Waals surface area contributed by atoms with Crippen molar-refractivity contribution in [1.29, 1.82) is 0 Å². The van der Waals surface area contributed by atoms with E-state index in [-0.39, 0.29) is 17.5 Å². The van der Waals surface area contributed by atoms with Crippen LogP contribution in [0.1, 0.15) is 27.2 Å². The summed E-state index contributed by atoms with van der Waals surface area (Å²) in [5, 5.41) is 2.56. The van der Waals surface area contributed by atoms with Crippen LogP contribution in [0.5, 0.6) is 0 Å². The fourth-order valence-corrected chi connectivity index (χ4v) is 4.14. The van der Waals surface area contributed by atoms with Gasteiger partial charge in [-0.05, 0) is 39.3 Å². The second kappa shape index (κ2) is 6.35. The Balaban J connectivity index is 1.98. The number of hydrogen-bond donors (Lipinski definition) is 1.